The van der Waals surface area contributed by atoms with Crippen molar-refractivity contribution >= 4 is 5.91 Å². The number of ether oxygens (including phenoxy) is 1. The van der Waals surface area contributed by atoms with Crippen LogP contribution in [0.3, 0.4) is 0 Å². The summed E-state index contributed by atoms with van der Waals surface area (Å²) in [6, 6.07) is 9.54. The van der Waals surface area contributed by atoms with Gasteiger partial charge in [-0.1, -0.05) is 23.4 Å². The van der Waals surface area contributed by atoms with E-state index in [2.05, 4.69) is 15.5 Å². The molecule has 21 heavy (non-hydrogen) atoms. The molecule has 1 N–H and O–H groups in total. The molecule has 6 nitrogen and oxygen atoms in total. The van der Waals surface area contributed by atoms with E-state index in [-0.39, 0.29) is 18.4 Å². The van der Waals surface area contributed by atoms with Gasteiger partial charge in [0.2, 0.25) is 5.91 Å². The van der Waals surface area contributed by atoms with Gasteiger partial charge in [-0.2, -0.15) is 4.98 Å². The van der Waals surface area contributed by atoms with Crippen LogP contribution < -0.4 is 5.32 Å². The minimum absolute atomic E-state index is 0.0271. The lowest BCUT2D eigenvalue weighted by Gasteiger charge is -2.20. The number of carbonyl (C=O) groups is 1. The van der Waals surface area contributed by atoms with Crippen LogP contribution in [0.25, 0.3) is 11.5 Å². The first kappa shape index (κ1) is 13.8. The minimum Gasteiger partial charge on any atom is -0.381 e. The normalized spacial score (nSPS) is 15.8. The maximum atomic E-state index is 12.0. The first-order valence-electron chi connectivity index (χ1n) is 7.06. The number of amides is 1. The van der Waals surface area contributed by atoms with Crippen molar-refractivity contribution in [2.24, 2.45) is 5.92 Å². The summed E-state index contributed by atoms with van der Waals surface area (Å²) in [5.41, 5.74) is 0.868. The van der Waals surface area contributed by atoms with Crippen molar-refractivity contribution in [2.45, 2.75) is 19.4 Å². The summed E-state index contributed by atoms with van der Waals surface area (Å²) in [5, 5.41) is 6.74. The van der Waals surface area contributed by atoms with Crippen molar-refractivity contribution in [3.8, 4) is 11.5 Å². The largest absolute Gasteiger partial charge is 0.381 e. The highest BCUT2D eigenvalue weighted by atomic mass is 16.5. The maximum Gasteiger partial charge on any atom is 0.257 e. The third kappa shape index (κ3) is 3.46. The van der Waals surface area contributed by atoms with Gasteiger partial charge >= 0.3 is 0 Å². The zero-order chi connectivity index (χ0) is 14.5. The Morgan fingerprint density at radius 3 is 2.76 bits per heavy atom. The minimum atomic E-state index is 0.0271. The van der Waals surface area contributed by atoms with E-state index < -0.39 is 0 Å². The number of rotatable bonds is 4. The van der Waals surface area contributed by atoms with Gasteiger partial charge in [-0.15, -0.1) is 0 Å². The van der Waals surface area contributed by atoms with Crippen molar-refractivity contribution in [3.05, 3.63) is 36.2 Å². The van der Waals surface area contributed by atoms with Gasteiger partial charge < -0.3 is 14.6 Å². The number of hydrogen-bond acceptors (Lipinski definition) is 5. The van der Waals surface area contributed by atoms with Gasteiger partial charge in [0.05, 0.1) is 6.54 Å². The molecule has 0 spiro atoms. The molecule has 0 saturated carbocycles. The molecule has 2 heterocycles. The Hall–Kier alpha value is -2.21. The smallest absolute Gasteiger partial charge is 0.257 e. The van der Waals surface area contributed by atoms with Crippen molar-refractivity contribution < 1.29 is 14.1 Å². The van der Waals surface area contributed by atoms with E-state index in [4.69, 9.17) is 9.26 Å². The second-order valence-electron chi connectivity index (χ2n) is 4.99. The molecular weight excluding hydrogens is 270 g/mol. The highest BCUT2D eigenvalue weighted by Gasteiger charge is 2.21. The summed E-state index contributed by atoms with van der Waals surface area (Å²) in [5.74, 6) is 1.00. The molecule has 0 bridgehead atoms. The molecule has 1 saturated heterocycles. The average molecular weight is 287 g/mol. The molecular formula is C15H17N3O3. The van der Waals surface area contributed by atoms with Crippen LogP contribution in [0.4, 0.5) is 0 Å². The fourth-order valence-electron chi connectivity index (χ4n) is 2.29. The predicted octanol–water partition coefficient (Wildman–Crippen LogP) is 1.78. The van der Waals surface area contributed by atoms with E-state index in [1.807, 2.05) is 30.3 Å². The SMILES string of the molecule is O=C(NCc1noc(-c2ccccc2)n1)C1CCOCC1. The summed E-state index contributed by atoms with van der Waals surface area (Å²) >= 11 is 0. The van der Waals surface area contributed by atoms with Gasteiger partial charge in [-0.05, 0) is 25.0 Å². The lowest BCUT2D eigenvalue weighted by molar-refractivity contribution is -0.128. The van der Waals surface area contributed by atoms with Crippen LogP contribution in [0.2, 0.25) is 0 Å². The van der Waals surface area contributed by atoms with Gasteiger partial charge in [-0.25, -0.2) is 0 Å². The summed E-state index contributed by atoms with van der Waals surface area (Å²) in [4.78, 5) is 16.3. The van der Waals surface area contributed by atoms with Crippen LogP contribution >= 0.6 is 0 Å². The monoisotopic (exact) mass is 287 g/mol. The van der Waals surface area contributed by atoms with Gasteiger partial charge in [0.15, 0.2) is 5.82 Å². The lowest BCUT2D eigenvalue weighted by atomic mass is 9.99. The van der Waals surface area contributed by atoms with E-state index in [1.165, 1.54) is 0 Å². The molecule has 1 fully saturated rings. The number of carbonyl (C=O) groups excluding carboxylic acids is 1. The van der Waals surface area contributed by atoms with Crippen molar-refractivity contribution in [1.29, 1.82) is 0 Å². The fraction of sp³-hybridized carbons (Fsp3) is 0.400. The van der Waals surface area contributed by atoms with Gasteiger partial charge in [0.1, 0.15) is 0 Å². The van der Waals surface area contributed by atoms with E-state index in [9.17, 15) is 4.79 Å². The summed E-state index contributed by atoms with van der Waals surface area (Å²) in [6.45, 7) is 1.59. The third-order valence-electron chi connectivity index (χ3n) is 3.50. The van der Waals surface area contributed by atoms with E-state index in [0.29, 0.717) is 24.9 Å². The zero-order valence-corrected chi connectivity index (χ0v) is 11.6. The second kappa shape index (κ2) is 6.49. The van der Waals surface area contributed by atoms with Gasteiger partial charge in [-0.3, -0.25) is 4.79 Å². The van der Waals surface area contributed by atoms with E-state index in [0.717, 1.165) is 18.4 Å². The third-order valence-corrected chi connectivity index (χ3v) is 3.50. The molecule has 0 atom stereocenters. The van der Waals surface area contributed by atoms with E-state index in [1.54, 1.807) is 0 Å². The Bertz CT molecular complexity index is 591. The number of benzene rings is 1. The number of nitrogens with zero attached hydrogens (tertiary/aromatic N) is 2. The van der Waals surface area contributed by atoms with Crippen LogP contribution in [-0.4, -0.2) is 29.3 Å². The Labute approximate surface area is 122 Å². The number of hydrogen-bond donors (Lipinski definition) is 1. The summed E-state index contributed by atoms with van der Waals surface area (Å²) < 4.78 is 10.4. The molecule has 1 aliphatic rings. The molecule has 3 rings (SSSR count). The highest BCUT2D eigenvalue weighted by Crippen LogP contribution is 2.17. The lowest BCUT2D eigenvalue weighted by Crippen LogP contribution is -2.34. The molecule has 0 radical (unpaired) electrons. The fourth-order valence-corrected chi connectivity index (χ4v) is 2.29. The first-order chi connectivity index (χ1) is 10.3. The second-order valence-corrected chi connectivity index (χ2v) is 4.99. The first-order valence-corrected chi connectivity index (χ1v) is 7.06. The Balaban J connectivity index is 1.56. The molecule has 1 aliphatic heterocycles. The molecule has 110 valence electrons. The van der Waals surface area contributed by atoms with E-state index >= 15 is 0 Å². The maximum absolute atomic E-state index is 12.0. The van der Waals surface area contributed by atoms with Crippen molar-refractivity contribution in [1.82, 2.24) is 15.5 Å². The van der Waals surface area contributed by atoms with Crippen LogP contribution in [0, 0.1) is 5.92 Å². The molecule has 1 aromatic heterocycles. The molecule has 0 aliphatic carbocycles. The molecule has 1 amide bonds. The molecule has 2 aromatic rings. The van der Waals surface area contributed by atoms with Crippen LogP contribution in [0.15, 0.2) is 34.9 Å². The number of nitrogens with one attached hydrogen (secondary N) is 1. The van der Waals surface area contributed by atoms with Gasteiger partial charge in [0.25, 0.3) is 5.89 Å². The quantitative estimate of drug-likeness (QED) is 0.927. The molecule has 1 aromatic carbocycles. The predicted molar refractivity (Wildman–Crippen MR) is 75.1 cm³/mol. The molecule has 0 unspecified atom stereocenters. The summed E-state index contributed by atoms with van der Waals surface area (Å²) in [6.07, 6.45) is 1.54. The Morgan fingerprint density at radius 2 is 2.00 bits per heavy atom. The zero-order valence-electron chi connectivity index (χ0n) is 11.6. The Kier molecular flexibility index (Phi) is 4.25. The van der Waals surface area contributed by atoms with Crippen LogP contribution in [0.1, 0.15) is 18.7 Å². The average Bonchev–Trinajstić information content (AvgIpc) is 3.03. The Morgan fingerprint density at radius 1 is 1.24 bits per heavy atom. The summed E-state index contributed by atoms with van der Waals surface area (Å²) in [7, 11) is 0. The highest BCUT2D eigenvalue weighted by molar-refractivity contribution is 5.78. The standard InChI is InChI=1S/C15H17N3O3/c19-14(11-6-8-20-9-7-11)16-10-13-17-15(21-18-13)12-4-2-1-3-5-12/h1-5,11H,6-10H2,(H,16,19). The van der Waals surface area contributed by atoms with Crippen molar-refractivity contribution in [2.75, 3.05) is 13.2 Å². The van der Waals surface area contributed by atoms with Gasteiger partial charge in [0, 0.05) is 24.7 Å². The topological polar surface area (TPSA) is 77.3 Å². The van der Waals surface area contributed by atoms with Crippen LogP contribution in [0.5, 0.6) is 0 Å². The van der Waals surface area contributed by atoms with Crippen molar-refractivity contribution in [3.63, 3.8) is 0 Å². The molecule has 6 heteroatoms. The van der Waals surface area contributed by atoms with Crippen LogP contribution in [-0.2, 0) is 16.1 Å². The number of aromatic nitrogens is 2.